The van der Waals surface area contributed by atoms with Crippen LogP contribution in [0.2, 0.25) is 0 Å². The Morgan fingerprint density at radius 3 is 2.30 bits per heavy atom. The van der Waals surface area contributed by atoms with Crippen LogP contribution in [0.4, 0.5) is 10.2 Å². The Morgan fingerprint density at radius 2 is 1.63 bits per heavy atom. The van der Waals surface area contributed by atoms with Gasteiger partial charge in [0.15, 0.2) is 0 Å². The molecular formula is C21H19FN4S. The SMILES string of the molecule is CCN(CC)c1ncnc2sc(-c3ccncc3)c(-c3ccc(F)cc3)c12. The van der Waals surface area contributed by atoms with Crippen molar-refractivity contribution in [3.63, 3.8) is 0 Å². The van der Waals surface area contributed by atoms with Crippen LogP contribution in [0, 0.1) is 5.82 Å². The van der Waals surface area contributed by atoms with Crippen molar-refractivity contribution < 1.29 is 4.39 Å². The van der Waals surface area contributed by atoms with Crippen molar-refractivity contribution in [1.82, 2.24) is 15.0 Å². The summed E-state index contributed by atoms with van der Waals surface area (Å²) in [6.07, 6.45) is 5.19. The highest BCUT2D eigenvalue weighted by Gasteiger charge is 2.22. The Bertz CT molecular complexity index is 1060. The van der Waals surface area contributed by atoms with Crippen LogP contribution < -0.4 is 4.90 Å². The molecule has 0 atom stereocenters. The number of hydrogen-bond acceptors (Lipinski definition) is 5. The van der Waals surface area contributed by atoms with Crippen molar-refractivity contribution in [2.75, 3.05) is 18.0 Å². The average Bonchev–Trinajstić information content (AvgIpc) is 3.10. The number of rotatable bonds is 5. The highest BCUT2D eigenvalue weighted by Crippen LogP contribution is 2.46. The number of thiophene rings is 1. The minimum Gasteiger partial charge on any atom is -0.357 e. The van der Waals surface area contributed by atoms with Crippen LogP contribution in [0.1, 0.15) is 13.8 Å². The van der Waals surface area contributed by atoms with Crippen molar-refractivity contribution >= 4 is 27.4 Å². The third kappa shape index (κ3) is 3.17. The Balaban J connectivity index is 2.07. The summed E-state index contributed by atoms with van der Waals surface area (Å²) in [5.41, 5.74) is 3.07. The van der Waals surface area contributed by atoms with E-state index in [0.717, 1.165) is 50.7 Å². The van der Waals surface area contributed by atoms with E-state index < -0.39 is 0 Å². The third-order valence-corrected chi connectivity index (χ3v) is 5.75. The lowest BCUT2D eigenvalue weighted by Gasteiger charge is -2.21. The van der Waals surface area contributed by atoms with Crippen LogP contribution in [0.25, 0.3) is 31.8 Å². The number of halogens is 1. The molecule has 6 heteroatoms. The van der Waals surface area contributed by atoms with Crippen LogP contribution in [0.3, 0.4) is 0 Å². The van der Waals surface area contributed by atoms with Gasteiger partial charge in [0, 0.05) is 35.9 Å². The Kier molecular flexibility index (Phi) is 4.81. The molecule has 0 saturated heterocycles. The highest BCUT2D eigenvalue weighted by atomic mass is 32.1. The van der Waals surface area contributed by atoms with Gasteiger partial charge in [0.2, 0.25) is 0 Å². The van der Waals surface area contributed by atoms with E-state index in [1.54, 1.807) is 30.1 Å². The molecule has 0 fully saturated rings. The lowest BCUT2D eigenvalue weighted by Crippen LogP contribution is -2.23. The number of fused-ring (bicyclic) bond motifs is 1. The molecule has 3 heterocycles. The molecule has 0 saturated carbocycles. The number of aromatic nitrogens is 3. The van der Waals surface area contributed by atoms with E-state index in [1.807, 2.05) is 24.3 Å². The van der Waals surface area contributed by atoms with Gasteiger partial charge in [-0.2, -0.15) is 0 Å². The van der Waals surface area contributed by atoms with Gasteiger partial charge in [-0.3, -0.25) is 4.98 Å². The second-order valence-corrected chi connectivity index (χ2v) is 7.10. The fraction of sp³-hybridized carbons (Fsp3) is 0.190. The quantitative estimate of drug-likeness (QED) is 0.466. The summed E-state index contributed by atoms with van der Waals surface area (Å²) in [5, 5.41) is 1.02. The second kappa shape index (κ2) is 7.40. The maximum Gasteiger partial charge on any atom is 0.141 e. The predicted octanol–water partition coefficient (Wildman–Crippen LogP) is 5.41. The standard InChI is InChI=1S/C21H19FN4S/c1-3-26(4-2)20-18-17(14-5-7-16(22)8-6-14)19(15-9-11-23-12-10-15)27-21(18)25-13-24-20/h5-13H,3-4H2,1-2H3. The minimum absolute atomic E-state index is 0.246. The van der Waals surface area contributed by atoms with Crippen LogP contribution in [-0.4, -0.2) is 28.0 Å². The van der Waals surface area contributed by atoms with E-state index in [-0.39, 0.29) is 5.82 Å². The first-order chi connectivity index (χ1) is 13.2. The molecule has 4 aromatic rings. The van der Waals surface area contributed by atoms with Crippen molar-refractivity contribution in [1.29, 1.82) is 0 Å². The van der Waals surface area contributed by atoms with Crippen molar-refractivity contribution in [2.24, 2.45) is 0 Å². The summed E-state index contributed by atoms with van der Waals surface area (Å²) in [5.74, 6) is 0.671. The molecule has 0 aliphatic rings. The lowest BCUT2D eigenvalue weighted by atomic mass is 10.00. The van der Waals surface area contributed by atoms with Gasteiger partial charge in [0.25, 0.3) is 0 Å². The first-order valence-corrected chi connectivity index (χ1v) is 9.73. The van der Waals surface area contributed by atoms with Crippen LogP contribution >= 0.6 is 11.3 Å². The van der Waals surface area contributed by atoms with Crippen molar-refractivity contribution in [2.45, 2.75) is 13.8 Å². The van der Waals surface area contributed by atoms with E-state index in [2.05, 4.69) is 33.7 Å². The van der Waals surface area contributed by atoms with E-state index in [9.17, 15) is 4.39 Å². The normalized spacial score (nSPS) is 11.1. The van der Waals surface area contributed by atoms with Gasteiger partial charge < -0.3 is 4.90 Å². The smallest absolute Gasteiger partial charge is 0.141 e. The Labute approximate surface area is 161 Å². The summed E-state index contributed by atoms with van der Waals surface area (Å²) in [4.78, 5) is 17.5. The molecule has 0 aliphatic carbocycles. The molecule has 4 rings (SSSR count). The van der Waals surface area contributed by atoms with Crippen molar-refractivity contribution in [3.05, 3.63) is 60.9 Å². The zero-order valence-electron chi connectivity index (χ0n) is 15.2. The molecule has 0 aliphatic heterocycles. The van der Waals surface area contributed by atoms with Crippen molar-refractivity contribution in [3.8, 4) is 21.6 Å². The van der Waals surface area contributed by atoms with Crippen LogP contribution in [-0.2, 0) is 0 Å². The summed E-state index contributed by atoms with van der Waals surface area (Å²) >= 11 is 1.63. The number of benzene rings is 1. The zero-order valence-corrected chi connectivity index (χ0v) is 16.0. The van der Waals surface area contributed by atoms with E-state index in [4.69, 9.17) is 0 Å². The molecular weight excluding hydrogens is 359 g/mol. The molecule has 0 spiro atoms. The van der Waals surface area contributed by atoms with Gasteiger partial charge in [0.1, 0.15) is 22.8 Å². The summed E-state index contributed by atoms with van der Waals surface area (Å²) in [7, 11) is 0. The molecule has 0 unspecified atom stereocenters. The van der Waals surface area contributed by atoms with E-state index in [0.29, 0.717) is 0 Å². The number of pyridine rings is 1. The van der Waals surface area contributed by atoms with E-state index in [1.165, 1.54) is 12.1 Å². The molecule has 0 radical (unpaired) electrons. The van der Waals surface area contributed by atoms with Gasteiger partial charge in [0.05, 0.1) is 5.39 Å². The number of hydrogen-bond donors (Lipinski definition) is 0. The Morgan fingerprint density at radius 1 is 0.926 bits per heavy atom. The zero-order chi connectivity index (χ0) is 18.8. The number of nitrogens with zero attached hydrogens (tertiary/aromatic N) is 4. The maximum atomic E-state index is 13.5. The average molecular weight is 378 g/mol. The topological polar surface area (TPSA) is 41.9 Å². The summed E-state index contributed by atoms with van der Waals surface area (Å²) < 4.78 is 13.5. The summed E-state index contributed by atoms with van der Waals surface area (Å²) in [6.45, 7) is 5.94. The first-order valence-electron chi connectivity index (χ1n) is 8.91. The fourth-order valence-corrected chi connectivity index (χ4v) is 4.44. The molecule has 4 nitrogen and oxygen atoms in total. The molecule has 27 heavy (non-hydrogen) atoms. The van der Waals surface area contributed by atoms with Crippen LogP contribution in [0.5, 0.6) is 0 Å². The van der Waals surface area contributed by atoms with Gasteiger partial charge in [-0.1, -0.05) is 12.1 Å². The summed E-state index contributed by atoms with van der Waals surface area (Å²) in [6, 6.07) is 10.6. The largest absolute Gasteiger partial charge is 0.357 e. The van der Waals surface area contributed by atoms with Crippen LogP contribution in [0.15, 0.2) is 55.1 Å². The lowest BCUT2D eigenvalue weighted by molar-refractivity contribution is 0.628. The molecule has 3 aromatic heterocycles. The number of anilines is 1. The molecule has 136 valence electrons. The monoisotopic (exact) mass is 378 g/mol. The van der Waals surface area contributed by atoms with E-state index >= 15 is 0 Å². The van der Waals surface area contributed by atoms with Gasteiger partial charge in [-0.25, -0.2) is 14.4 Å². The fourth-order valence-electron chi connectivity index (χ4n) is 3.28. The first kappa shape index (κ1) is 17.5. The Hall–Kier alpha value is -2.86. The van der Waals surface area contributed by atoms with Gasteiger partial charge in [-0.15, -0.1) is 11.3 Å². The molecule has 0 N–H and O–H groups in total. The minimum atomic E-state index is -0.246. The molecule has 0 amide bonds. The van der Waals surface area contributed by atoms with Gasteiger partial charge >= 0.3 is 0 Å². The molecule has 0 bridgehead atoms. The maximum absolute atomic E-state index is 13.5. The molecule has 1 aromatic carbocycles. The highest BCUT2D eigenvalue weighted by molar-refractivity contribution is 7.22. The van der Waals surface area contributed by atoms with Gasteiger partial charge in [-0.05, 0) is 49.2 Å². The third-order valence-electron chi connectivity index (χ3n) is 4.61. The second-order valence-electron chi connectivity index (χ2n) is 6.10. The predicted molar refractivity (Wildman–Crippen MR) is 110 cm³/mol.